The molecule has 40 heavy (non-hydrogen) atoms. The largest absolute Gasteiger partial charge is 0.478 e. The smallest absolute Gasteiger partial charge is 0.328 e. The zero-order valence-corrected chi connectivity index (χ0v) is 23.1. The maximum atomic E-state index is 13.2. The minimum atomic E-state index is -1.26. The van der Waals surface area contributed by atoms with E-state index in [1.807, 2.05) is 17.0 Å². The van der Waals surface area contributed by atoms with Crippen molar-refractivity contribution >= 4 is 29.3 Å². The quantitative estimate of drug-likeness (QED) is 0.351. The summed E-state index contributed by atoms with van der Waals surface area (Å²) >= 11 is 0. The number of likely N-dealkylation sites (tertiary alicyclic amines) is 1. The molecule has 2 heterocycles. The fourth-order valence-corrected chi connectivity index (χ4v) is 6.23. The van der Waals surface area contributed by atoms with Gasteiger partial charge in [0.05, 0.1) is 0 Å². The van der Waals surface area contributed by atoms with Crippen molar-refractivity contribution in [2.75, 3.05) is 24.5 Å². The lowest BCUT2D eigenvalue weighted by molar-refractivity contribution is -0.134. The molecule has 1 amide bonds. The van der Waals surface area contributed by atoms with Crippen LogP contribution < -0.4 is 4.90 Å². The van der Waals surface area contributed by atoms with Crippen molar-refractivity contribution in [1.82, 2.24) is 4.90 Å². The van der Waals surface area contributed by atoms with E-state index in [-0.39, 0.29) is 5.91 Å². The number of carboxylic acid groups (broad SMARTS) is 2. The SMILES string of the molecule is CC(=O)N1CC2CCCc3c(C(=O)CCC4CCN(Cc5ccccc5)CC4)ccc1c32.O=C(O)C=CC(=O)O. The van der Waals surface area contributed by atoms with Crippen molar-refractivity contribution < 1.29 is 29.4 Å². The van der Waals surface area contributed by atoms with Crippen LogP contribution >= 0.6 is 0 Å². The topological polar surface area (TPSA) is 115 Å². The van der Waals surface area contributed by atoms with Gasteiger partial charge in [-0.1, -0.05) is 30.3 Å². The Morgan fingerprint density at radius 1 is 0.925 bits per heavy atom. The van der Waals surface area contributed by atoms with E-state index in [1.54, 1.807) is 6.92 Å². The molecule has 0 spiro atoms. The van der Waals surface area contributed by atoms with E-state index in [4.69, 9.17) is 10.2 Å². The summed E-state index contributed by atoms with van der Waals surface area (Å²) in [6.45, 7) is 5.72. The van der Waals surface area contributed by atoms with Crippen LogP contribution in [0.5, 0.6) is 0 Å². The van der Waals surface area contributed by atoms with Crippen LogP contribution in [0, 0.1) is 5.92 Å². The van der Waals surface area contributed by atoms with E-state index in [1.165, 1.54) is 29.5 Å². The third kappa shape index (κ3) is 7.45. The summed E-state index contributed by atoms with van der Waals surface area (Å²) in [5.41, 5.74) is 5.91. The molecule has 2 N–H and O–H groups in total. The van der Waals surface area contributed by atoms with Crippen molar-refractivity contribution in [2.24, 2.45) is 5.92 Å². The number of amides is 1. The highest BCUT2D eigenvalue weighted by Crippen LogP contribution is 2.46. The third-order valence-electron chi connectivity index (χ3n) is 8.20. The second-order valence-electron chi connectivity index (χ2n) is 10.9. The highest BCUT2D eigenvalue weighted by molar-refractivity contribution is 6.01. The van der Waals surface area contributed by atoms with Crippen LogP contribution in [0.15, 0.2) is 54.6 Å². The van der Waals surface area contributed by atoms with Gasteiger partial charge in [-0.25, -0.2) is 9.59 Å². The number of rotatable bonds is 8. The Hall–Kier alpha value is -3.78. The number of carboxylic acids is 2. The lowest BCUT2D eigenvalue weighted by atomic mass is 9.80. The lowest BCUT2D eigenvalue weighted by Gasteiger charge is -2.32. The van der Waals surface area contributed by atoms with Crippen LogP contribution in [0.3, 0.4) is 0 Å². The highest BCUT2D eigenvalue weighted by Gasteiger charge is 2.36. The van der Waals surface area contributed by atoms with E-state index < -0.39 is 11.9 Å². The number of hydrogen-bond donors (Lipinski definition) is 2. The summed E-state index contributed by atoms with van der Waals surface area (Å²) in [6.07, 6.45) is 8.36. The fourth-order valence-electron chi connectivity index (χ4n) is 6.23. The van der Waals surface area contributed by atoms with Gasteiger partial charge in [0.2, 0.25) is 5.91 Å². The summed E-state index contributed by atoms with van der Waals surface area (Å²) < 4.78 is 0. The molecule has 1 atom stereocenters. The van der Waals surface area contributed by atoms with Gasteiger partial charge in [0.1, 0.15) is 0 Å². The first-order chi connectivity index (χ1) is 19.2. The van der Waals surface area contributed by atoms with Crippen LogP contribution in [0.2, 0.25) is 0 Å². The Morgan fingerprint density at radius 3 is 2.23 bits per heavy atom. The minimum Gasteiger partial charge on any atom is -0.478 e. The standard InChI is InChI=1S/C28H34N2O2.C4H4O4/c1-20(31)30-19-23-8-5-9-25-24(11-12-26(30)28(23)25)27(32)13-10-21-14-16-29(17-15-21)18-22-6-3-2-4-7-22;5-3(6)1-2-4(7)8/h2-4,6-7,11-12,21,23H,5,8-10,13-19H2,1H3;1-2H,(H,5,6)(H,7,8). The van der Waals surface area contributed by atoms with Crippen molar-refractivity contribution in [1.29, 1.82) is 0 Å². The Bertz CT molecular complexity index is 1250. The summed E-state index contributed by atoms with van der Waals surface area (Å²) in [7, 11) is 0. The van der Waals surface area contributed by atoms with Gasteiger partial charge in [-0.05, 0) is 86.4 Å². The van der Waals surface area contributed by atoms with Gasteiger partial charge in [0.15, 0.2) is 5.78 Å². The van der Waals surface area contributed by atoms with Crippen molar-refractivity contribution in [2.45, 2.75) is 64.3 Å². The minimum absolute atomic E-state index is 0.110. The molecule has 1 fully saturated rings. The molecule has 8 nitrogen and oxygen atoms in total. The lowest BCUT2D eigenvalue weighted by Crippen LogP contribution is -2.33. The molecule has 2 aliphatic heterocycles. The Kier molecular flexibility index (Phi) is 9.88. The summed E-state index contributed by atoms with van der Waals surface area (Å²) in [5, 5.41) is 15.6. The maximum absolute atomic E-state index is 13.2. The number of carbonyl (C=O) groups excluding carboxylic acids is 2. The zero-order valence-electron chi connectivity index (χ0n) is 23.1. The Morgan fingerprint density at radius 2 is 1.60 bits per heavy atom. The molecule has 212 valence electrons. The van der Waals surface area contributed by atoms with Gasteiger partial charge in [-0.15, -0.1) is 0 Å². The molecular formula is C32H38N2O6. The second-order valence-corrected chi connectivity index (χ2v) is 10.9. The van der Waals surface area contributed by atoms with Gasteiger partial charge in [-0.3, -0.25) is 14.5 Å². The fraction of sp³-hybridized carbons (Fsp3) is 0.438. The van der Waals surface area contributed by atoms with Crippen molar-refractivity contribution in [3.8, 4) is 0 Å². The van der Waals surface area contributed by atoms with Crippen molar-refractivity contribution in [3.63, 3.8) is 0 Å². The molecule has 0 bridgehead atoms. The number of Topliss-reactive ketones (excluding diaryl/α,β-unsaturated/α-hetero) is 1. The van der Waals surface area contributed by atoms with E-state index in [9.17, 15) is 19.2 Å². The number of hydrogen-bond acceptors (Lipinski definition) is 5. The average Bonchev–Trinajstić information content (AvgIpc) is 3.33. The normalized spacial score (nSPS) is 18.6. The number of benzene rings is 2. The molecule has 2 aromatic rings. The molecule has 8 heteroatoms. The molecule has 1 aliphatic carbocycles. The number of ketones is 1. The van der Waals surface area contributed by atoms with Gasteiger partial charge < -0.3 is 15.1 Å². The number of nitrogens with zero attached hydrogens (tertiary/aromatic N) is 2. The Balaban J connectivity index is 0.000000406. The first-order valence-corrected chi connectivity index (χ1v) is 14.1. The van der Waals surface area contributed by atoms with Crippen molar-refractivity contribution in [3.05, 3.63) is 76.9 Å². The average molecular weight is 547 g/mol. The number of anilines is 1. The molecule has 0 radical (unpaired) electrons. The molecule has 1 saturated heterocycles. The predicted octanol–water partition coefficient (Wildman–Crippen LogP) is 5.06. The second kappa shape index (κ2) is 13.5. The molecule has 0 saturated carbocycles. The molecule has 2 aromatic carbocycles. The van der Waals surface area contributed by atoms with Crippen LogP contribution in [-0.2, 0) is 27.3 Å². The summed E-state index contributed by atoms with van der Waals surface area (Å²) in [6, 6.07) is 14.7. The third-order valence-corrected chi connectivity index (χ3v) is 8.20. The number of aliphatic carboxylic acids is 2. The van der Waals surface area contributed by atoms with Crippen LogP contribution in [0.1, 0.15) is 78.4 Å². The zero-order chi connectivity index (χ0) is 28.6. The number of piperidine rings is 1. The van der Waals surface area contributed by atoms with Crippen LogP contribution in [0.4, 0.5) is 5.69 Å². The van der Waals surface area contributed by atoms with Gasteiger partial charge >= 0.3 is 11.9 Å². The number of carbonyl (C=O) groups is 4. The molecule has 1 unspecified atom stereocenters. The van der Waals surface area contributed by atoms with Gasteiger partial charge in [-0.2, -0.15) is 0 Å². The molecule has 0 aromatic heterocycles. The molecule has 5 rings (SSSR count). The molecule has 3 aliphatic rings. The summed E-state index contributed by atoms with van der Waals surface area (Å²) in [4.78, 5) is 48.9. The van der Waals surface area contributed by atoms with Crippen LogP contribution in [0.25, 0.3) is 0 Å². The van der Waals surface area contributed by atoms with Crippen LogP contribution in [-0.4, -0.2) is 58.4 Å². The van der Waals surface area contributed by atoms with Gasteiger partial charge in [0, 0.05) is 55.8 Å². The van der Waals surface area contributed by atoms with E-state index in [0.29, 0.717) is 36.2 Å². The van der Waals surface area contributed by atoms with E-state index >= 15 is 0 Å². The molecular weight excluding hydrogens is 508 g/mol. The monoisotopic (exact) mass is 546 g/mol. The summed E-state index contributed by atoms with van der Waals surface area (Å²) in [5.74, 6) is -1.03. The maximum Gasteiger partial charge on any atom is 0.328 e. The van der Waals surface area contributed by atoms with Gasteiger partial charge in [0.25, 0.3) is 0 Å². The first-order valence-electron chi connectivity index (χ1n) is 14.1. The Labute approximate surface area is 235 Å². The van der Waals surface area contributed by atoms with E-state index in [0.717, 1.165) is 63.1 Å². The highest BCUT2D eigenvalue weighted by atomic mass is 16.4. The van der Waals surface area contributed by atoms with E-state index in [2.05, 4.69) is 35.2 Å². The predicted molar refractivity (Wildman–Crippen MR) is 153 cm³/mol. The first kappa shape index (κ1) is 29.2.